The van der Waals surface area contributed by atoms with E-state index in [-0.39, 0.29) is 17.6 Å². The molecule has 2 rings (SSSR count). The van der Waals surface area contributed by atoms with Crippen LogP contribution in [-0.4, -0.2) is 43.5 Å². The fourth-order valence-electron chi connectivity index (χ4n) is 2.47. The van der Waals surface area contributed by atoms with Gasteiger partial charge in [0.05, 0.1) is 19.2 Å². The maximum atomic E-state index is 13.5. The summed E-state index contributed by atoms with van der Waals surface area (Å²) in [6.45, 7) is 3.11. The molecule has 0 saturated carbocycles. The van der Waals surface area contributed by atoms with Crippen molar-refractivity contribution in [3.05, 3.63) is 59.4 Å². The number of ether oxygens (including phenoxy) is 1. The molecule has 2 aromatic carbocycles. The summed E-state index contributed by atoms with van der Waals surface area (Å²) in [5.41, 5.74) is 1.50. The van der Waals surface area contributed by atoms with Gasteiger partial charge < -0.3 is 14.7 Å². The van der Waals surface area contributed by atoms with Crippen molar-refractivity contribution < 1.29 is 14.2 Å². The van der Waals surface area contributed by atoms with E-state index < -0.39 is 0 Å². The van der Waals surface area contributed by atoms with E-state index in [1.165, 1.54) is 12.1 Å². The predicted octanol–water partition coefficient (Wildman–Crippen LogP) is 4.04. The average Bonchev–Trinajstić information content (AvgIpc) is 2.58. The normalized spacial score (nSPS) is 12.7. The Kier molecular flexibility index (Phi) is 6.95. The zero-order valence-corrected chi connectivity index (χ0v) is 14.9. The van der Waals surface area contributed by atoms with Gasteiger partial charge in [0.1, 0.15) is 17.3 Å². The smallest absolute Gasteiger partial charge is 0.128 e. The minimum atomic E-state index is -0.256. The van der Waals surface area contributed by atoms with Crippen molar-refractivity contribution in [3.63, 3.8) is 0 Å². The third-order valence-corrected chi connectivity index (χ3v) is 3.84. The Labute approximate surface area is 148 Å². The number of halogens is 1. The van der Waals surface area contributed by atoms with Gasteiger partial charge in [-0.2, -0.15) is 0 Å². The SMILES string of the molecule is CCCOc1ccc(C=NC[C@@H](c2cccc(F)c2)N(C)C)c(O)c1. The van der Waals surface area contributed by atoms with E-state index in [1.54, 1.807) is 24.4 Å². The number of hydrogen-bond acceptors (Lipinski definition) is 4. The summed E-state index contributed by atoms with van der Waals surface area (Å²) in [5, 5.41) is 10.1. The number of hydrogen-bond donors (Lipinski definition) is 1. The van der Waals surface area contributed by atoms with Crippen molar-refractivity contribution in [2.24, 2.45) is 4.99 Å². The molecule has 1 atom stereocenters. The van der Waals surface area contributed by atoms with Crippen molar-refractivity contribution in [2.75, 3.05) is 27.2 Å². The summed E-state index contributed by atoms with van der Waals surface area (Å²) >= 11 is 0. The van der Waals surface area contributed by atoms with Gasteiger partial charge >= 0.3 is 0 Å². The van der Waals surface area contributed by atoms with Gasteiger partial charge in [-0.15, -0.1) is 0 Å². The van der Waals surface area contributed by atoms with Gasteiger partial charge in [0, 0.05) is 17.8 Å². The molecule has 134 valence electrons. The molecule has 1 N–H and O–H groups in total. The quantitative estimate of drug-likeness (QED) is 0.735. The van der Waals surface area contributed by atoms with Crippen LogP contribution in [0.1, 0.15) is 30.5 Å². The minimum absolute atomic E-state index is 0.0405. The summed E-state index contributed by atoms with van der Waals surface area (Å²) in [6.07, 6.45) is 2.55. The number of likely N-dealkylation sites (N-methyl/N-ethyl adjacent to an activating group) is 1. The lowest BCUT2D eigenvalue weighted by molar-refractivity contribution is 0.306. The van der Waals surface area contributed by atoms with Crippen LogP contribution in [0.3, 0.4) is 0 Å². The maximum Gasteiger partial charge on any atom is 0.128 e. The molecule has 0 aliphatic carbocycles. The third kappa shape index (κ3) is 5.57. The lowest BCUT2D eigenvalue weighted by Gasteiger charge is -2.23. The van der Waals surface area contributed by atoms with Crippen LogP contribution in [0.5, 0.6) is 11.5 Å². The van der Waals surface area contributed by atoms with Crippen LogP contribution in [-0.2, 0) is 0 Å². The number of rotatable bonds is 8. The van der Waals surface area contributed by atoms with Crippen LogP contribution in [0, 0.1) is 5.82 Å². The van der Waals surface area contributed by atoms with E-state index >= 15 is 0 Å². The van der Waals surface area contributed by atoms with Gasteiger partial charge in [0.15, 0.2) is 0 Å². The molecule has 25 heavy (non-hydrogen) atoms. The Morgan fingerprint density at radius 2 is 2.04 bits per heavy atom. The topological polar surface area (TPSA) is 45.1 Å². The lowest BCUT2D eigenvalue weighted by Crippen LogP contribution is -2.22. The highest BCUT2D eigenvalue weighted by atomic mass is 19.1. The van der Waals surface area contributed by atoms with E-state index in [2.05, 4.69) is 4.99 Å². The maximum absolute atomic E-state index is 13.5. The molecule has 0 aliphatic heterocycles. The van der Waals surface area contributed by atoms with E-state index in [4.69, 9.17) is 4.74 Å². The van der Waals surface area contributed by atoms with Gasteiger partial charge in [0.2, 0.25) is 0 Å². The number of phenolic OH excluding ortho intramolecular Hbond substituents is 1. The fraction of sp³-hybridized carbons (Fsp3) is 0.350. The average molecular weight is 344 g/mol. The van der Waals surface area contributed by atoms with Crippen molar-refractivity contribution in [1.82, 2.24) is 4.90 Å². The molecule has 0 saturated heterocycles. The van der Waals surface area contributed by atoms with Crippen molar-refractivity contribution in [2.45, 2.75) is 19.4 Å². The first-order chi connectivity index (χ1) is 12.0. The van der Waals surface area contributed by atoms with Crippen LogP contribution in [0.2, 0.25) is 0 Å². The molecule has 0 aromatic heterocycles. The van der Waals surface area contributed by atoms with Gasteiger partial charge in [-0.1, -0.05) is 19.1 Å². The first kappa shape index (κ1) is 18.9. The largest absolute Gasteiger partial charge is 0.507 e. The first-order valence-corrected chi connectivity index (χ1v) is 8.38. The van der Waals surface area contributed by atoms with E-state index in [9.17, 15) is 9.50 Å². The molecular weight excluding hydrogens is 319 g/mol. The molecule has 0 aliphatic rings. The van der Waals surface area contributed by atoms with Gasteiger partial charge in [0.25, 0.3) is 0 Å². The molecule has 0 fully saturated rings. The molecule has 5 heteroatoms. The zero-order valence-electron chi connectivity index (χ0n) is 14.9. The second-order valence-electron chi connectivity index (χ2n) is 6.10. The minimum Gasteiger partial charge on any atom is -0.507 e. The molecule has 0 bridgehead atoms. The van der Waals surface area contributed by atoms with Crippen LogP contribution in [0.25, 0.3) is 0 Å². The van der Waals surface area contributed by atoms with Crippen LogP contribution < -0.4 is 4.74 Å². The molecule has 4 nitrogen and oxygen atoms in total. The summed E-state index contributed by atoms with van der Waals surface area (Å²) in [4.78, 5) is 6.43. The lowest BCUT2D eigenvalue weighted by atomic mass is 10.1. The first-order valence-electron chi connectivity index (χ1n) is 8.38. The highest BCUT2D eigenvalue weighted by Crippen LogP contribution is 2.23. The molecule has 2 aromatic rings. The predicted molar refractivity (Wildman–Crippen MR) is 99.2 cm³/mol. The number of aliphatic imine (C=N–C) groups is 1. The van der Waals surface area contributed by atoms with Crippen LogP contribution in [0.4, 0.5) is 4.39 Å². The van der Waals surface area contributed by atoms with Crippen molar-refractivity contribution in [1.29, 1.82) is 0 Å². The Bertz CT molecular complexity index is 717. The summed E-state index contributed by atoms with van der Waals surface area (Å²) in [7, 11) is 3.87. The zero-order chi connectivity index (χ0) is 18.2. The molecule has 0 heterocycles. The summed E-state index contributed by atoms with van der Waals surface area (Å²) in [6, 6.07) is 11.7. The second kappa shape index (κ2) is 9.18. The standard InChI is InChI=1S/C20H25FN2O2/c1-4-10-25-18-9-8-16(20(24)12-18)13-22-14-19(23(2)3)15-6-5-7-17(21)11-15/h5-9,11-13,19,24H,4,10,14H2,1-3H3/t19-/m0/s1. The van der Waals surface area contributed by atoms with Crippen molar-refractivity contribution in [3.8, 4) is 11.5 Å². The molecule has 0 spiro atoms. The van der Waals surface area contributed by atoms with Crippen LogP contribution in [0.15, 0.2) is 47.5 Å². The second-order valence-corrected chi connectivity index (χ2v) is 6.10. The monoisotopic (exact) mass is 344 g/mol. The van der Waals surface area contributed by atoms with E-state index in [0.29, 0.717) is 24.5 Å². The highest BCUT2D eigenvalue weighted by Gasteiger charge is 2.13. The van der Waals surface area contributed by atoms with E-state index in [0.717, 1.165) is 12.0 Å². The van der Waals surface area contributed by atoms with Crippen molar-refractivity contribution >= 4 is 6.21 Å². The highest BCUT2D eigenvalue weighted by molar-refractivity contribution is 5.83. The number of phenols is 1. The molecule has 0 unspecified atom stereocenters. The molecule has 0 amide bonds. The van der Waals surface area contributed by atoms with Gasteiger partial charge in [-0.25, -0.2) is 4.39 Å². The Hall–Kier alpha value is -2.40. The molecular formula is C20H25FN2O2. The number of nitrogens with zero attached hydrogens (tertiary/aromatic N) is 2. The number of benzene rings is 2. The fourth-order valence-corrected chi connectivity index (χ4v) is 2.47. The Morgan fingerprint density at radius 3 is 2.68 bits per heavy atom. The Balaban J connectivity index is 2.07. The third-order valence-electron chi connectivity index (χ3n) is 3.84. The van der Waals surface area contributed by atoms with Gasteiger partial charge in [-0.3, -0.25) is 4.99 Å². The summed E-state index contributed by atoms with van der Waals surface area (Å²) < 4.78 is 18.9. The molecule has 0 radical (unpaired) electrons. The summed E-state index contributed by atoms with van der Waals surface area (Å²) in [5.74, 6) is 0.514. The number of aromatic hydroxyl groups is 1. The van der Waals surface area contributed by atoms with E-state index in [1.807, 2.05) is 38.1 Å². The Morgan fingerprint density at radius 1 is 1.24 bits per heavy atom. The van der Waals surface area contributed by atoms with Gasteiger partial charge in [-0.05, 0) is 50.3 Å². The van der Waals surface area contributed by atoms with Crippen LogP contribution >= 0.6 is 0 Å².